The first-order chi connectivity index (χ1) is 10.3. The van der Waals surface area contributed by atoms with Crippen molar-refractivity contribution in [2.75, 3.05) is 18.4 Å². The molecule has 1 saturated heterocycles. The Labute approximate surface area is 133 Å². The molecule has 3 atom stereocenters. The highest BCUT2D eigenvalue weighted by Crippen LogP contribution is 2.23. The summed E-state index contributed by atoms with van der Waals surface area (Å²) in [6.07, 6.45) is 0.591. The van der Waals surface area contributed by atoms with Crippen molar-refractivity contribution < 1.29 is 9.90 Å². The van der Waals surface area contributed by atoms with Gasteiger partial charge in [0.2, 0.25) is 5.91 Å². The topological polar surface area (TPSA) is 52.6 Å². The van der Waals surface area contributed by atoms with Crippen LogP contribution < -0.4 is 5.32 Å². The van der Waals surface area contributed by atoms with Gasteiger partial charge in [0.15, 0.2) is 0 Å². The van der Waals surface area contributed by atoms with Crippen molar-refractivity contribution in [1.29, 1.82) is 0 Å². The highest BCUT2D eigenvalue weighted by atomic mass is 16.3. The predicted molar refractivity (Wildman–Crippen MR) is 90.1 cm³/mol. The second-order valence-corrected chi connectivity index (χ2v) is 6.77. The fraction of sp³-hybridized carbons (Fsp3) is 0.611. The number of hydrogen-bond acceptors (Lipinski definition) is 3. The maximum absolute atomic E-state index is 12.6. The van der Waals surface area contributed by atoms with Crippen LogP contribution in [0.2, 0.25) is 0 Å². The van der Waals surface area contributed by atoms with E-state index in [9.17, 15) is 9.90 Å². The predicted octanol–water partition coefficient (Wildman–Crippen LogP) is 2.64. The molecule has 0 bridgehead atoms. The molecule has 1 fully saturated rings. The molecular weight excluding hydrogens is 276 g/mol. The van der Waals surface area contributed by atoms with Crippen LogP contribution in [0.3, 0.4) is 0 Å². The summed E-state index contributed by atoms with van der Waals surface area (Å²) < 4.78 is 0. The average molecular weight is 304 g/mol. The number of aliphatic hydroxyl groups is 1. The SMILES string of the molecule is Cc1cc(C)c(NC(=O)C(C)N2CCC(C)C(O)C2)c(C)c1. The van der Waals surface area contributed by atoms with Gasteiger partial charge in [0.1, 0.15) is 0 Å². The van der Waals surface area contributed by atoms with Gasteiger partial charge in [-0.1, -0.05) is 24.6 Å². The Bertz CT molecular complexity index is 533. The lowest BCUT2D eigenvalue weighted by Crippen LogP contribution is -2.50. The van der Waals surface area contributed by atoms with E-state index in [0.29, 0.717) is 12.5 Å². The number of hydrogen-bond donors (Lipinski definition) is 2. The summed E-state index contributed by atoms with van der Waals surface area (Å²) in [6, 6.07) is 3.93. The first-order valence-electron chi connectivity index (χ1n) is 8.10. The molecule has 122 valence electrons. The average Bonchev–Trinajstić information content (AvgIpc) is 2.44. The van der Waals surface area contributed by atoms with Crippen molar-refractivity contribution in [3.63, 3.8) is 0 Å². The van der Waals surface area contributed by atoms with E-state index in [1.54, 1.807) is 0 Å². The fourth-order valence-electron chi connectivity index (χ4n) is 3.20. The lowest BCUT2D eigenvalue weighted by Gasteiger charge is -2.37. The van der Waals surface area contributed by atoms with Gasteiger partial charge in [-0.05, 0) is 57.7 Å². The molecule has 4 heteroatoms. The van der Waals surface area contributed by atoms with E-state index in [0.717, 1.165) is 29.8 Å². The number of likely N-dealkylation sites (tertiary alicyclic amines) is 1. The van der Waals surface area contributed by atoms with Crippen LogP contribution in [-0.4, -0.2) is 41.1 Å². The number of carbonyl (C=O) groups is 1. The smallest absolute Gasteiger partial charge is 0.241 e. The van der Waals surface area contributed by atoms with Gasteiger partial charge in [-0.2, -0.15) is 0 Å². The molecule has 0 radical (unpaired) electrons. The molecule has 2 rings (SSSR count). The maximum atomic E-state index is 12.6. The van der Waals surface area contributed by atoms with Crippen molar-refractivity contribution in [3.8, 4) is 0 Å². The molecule has 0 saturated carbocycles. The monoisotopic (exact) mass is 304 g/mol. The fourth-order valence-corrected chi connectivity index (χ4v) is 3.20. The van der Waals surface area contributed by atoms with E-state index < -0.39 is 0 Å². The number of β-amino-alcohol motifs (C(OH)–C–C–N with tert-alkyl or cyclic N) is 1. The summed E-state index contributed by atoms with van der Waals surface area (Å²) in [6.45, 7) is 11.5. The Balaban J connectivity index is 2.06. The van der Waals surface area contributed by atoms with Crippen LogP contribution in [-0.2, 0) is 4.79 Å². The molecule has 1 aromatic carbocycles. The number of nitrogens with zero attached hydrogens (tertiary/aromatic N) is 1. The normalized spacial score (nSPS) is 24.1. The lowest BCUT2D eigenvalue weighted by atomic mass is 9.95. The quantitative estimate of drug-likeness (QED) is 0.902. The minimum absolute atomic E-state index is 0.00296. The van der Waals surface area contributed by atoms with E-state index in [4.69, 9.17) is 0 Å². The molecule has 0 spiro atoms. The summed E-state index contributed by atoms with van der Waals surface area (Å²) in [7, 11) is 0. The van der Waals surface area contributed by atoms with E-state index in [2.05, 4.69) is 36.2 Å². The molecule has 1 amide bonds. The van der Waals surface area contributed by atoms with Crippen LogP contribution in [0.25, 0.3) is 0 Å². The zero-order valence-electron chi connectivity index (χ0n) is 14.3. The molecular formula is C18H28N2O2. The Morgan fingerprint density at radius 3 is 2.45 bits per heavy atom. The summed E-state index contributed by atoms with van der Waals surface area (Å²) in [4.78, 5) is 14.6. The van der Waals surface area contributed by atoms with E-state index in [1.807, 2.05) is 20.8 Å². The van der Waals surface area contributed by atoms with Crippen molar-refractivity contribution in [2.45, 2.75) is 53.2 Å². The number of nitrogens with one attached hydrogen (secondary N) is 1. The van der Waals surface area contributed by atoms with Gasteiger partial charge >= 0.3 is 0 Å². The Kier molecular flexibility index (Phi) is 5.24. The van der Waals surface area contributed by atoms with Gasteiger partial charge in [0, 0.05) is 12.2 Å². The minimum Gasteiger partial charge on any atom is -0.392 e. The van der Waals surface area contributed by atoms with Gasteiger partial charge in [-0.25, -0.2) is 0 Å². The first kappa shape index (κ1) is 17.0. The van der Waals surface area contributed by atoms with Crippen molar-refractivity contribution in [2.24, 2.45) is 5.92 Å². The molecule has 1 heterocycles. The summed E-state index contributed by atoms with van der Waals surface area (Å²) in [5.74, 6) is 0.310. The summed E-state index contributed by atoms with van der Waals surface area (Å²) >= 11 is 0. The molecule has 0 aromatic heterocycles. The number of amides is 1. The molecule has 2 N–H and O–H groups in total. The van der Waals surface area contributed by atoms with E-state index >= 15 is 0 Å². The molecule has 22 heavy (non-hydrogen) atoms. The lowest BCUT2D eigenvalue weighted by molar-refractivity contribution is -0.122. The Morgan fingerprint density at radius 2 is 1.91 bits per heavy atom. The second kappa shape index (κ2) is 6.80. The third kappa shape index (κ3) is 3.68. The summed E-state index contributed by atoms with van der Waals surface area (Å²) in [5, 5.41) is 13.1. The molecule has 1 aliphatic heterocycles. The van der Waals surface area contributed by atoms with Crippen molar-refractivity contribution in [3.05, 3.63) is 28.8 Å². The standard InChI is InChI=1S/C18H28N2O2/c1-11-8-13(3)17(14(4)9-11)19-18(22)15(5)20-7-6-12(2)16(21)10-20/h8-9,12,15-16,21H,6-7,10H2,1-5H3,(H,19,22). The van der Waals surface area contributed by atoms with Gasteiger partial charge in [-0.15, -0.1) is 0 Å². The number of benzene rings is 1. The molecule has 3 unspecified atom stereocenters. The van der Waals surface area contributed by atoms with Gasteiger partial charge < -0.3 is 10.4 Å². The van der Waals surface area contributed by atoms with Gasteiger partial charge in [0.05, 0.1) is 12.1 Å². The van der Waals surface area contributed by atoms with Gasteiger partial charge in [0.25, 0.3) is 0 Å². The number of aryl methyl sites for hydroxylation is 3. The zero-order valence-corrected chi connectivity index (χ0v) is 14.3. The molecule has 1 aliphatic rings. The zero-order chi connectivity index (χ0) is 16.4. The first-order valence-corrected chi connectivity index (χ1v) is 8.10. The van der Waals surface area contributed by atoms with Crippen LogP contribution in [0, 0.1) is 26.7 Å². The van der Waals surface area contributed by atoms with Crippen LogP contribution in [0.5, 0.6) is 0 Å². The van der Waals surface area contributed by atoms with Gasteiger partial charge in [-0.3, -0.25) is 9.69 Å². The number of rotatable bonds is 3. The third-order valence-corrected chi connectivity index (χ3v) is 4.80. The van der Waals surface area contributed by atoms with E-state index in [-0.39, 0.29) is 18.1 Å². The summed E-state index contributed by atoms with van der Waals surface area (Å²) in [5.41, 5.74) is 4.29. The highest BCUT2D eigenvalue weighted by molar-refractivity contribution is 5.96. The number of anilines is 1. The largest absolute Gasteiger partial charge is 0.392 e. The molecule has 4 nitrogen and oxygen atoms in total. The third-order valence-electron chi connectivity index (χ3n) is 4.80. The Morgan fingerprint density at radius 1 is 1.32 bits per heavy atom. The molecule has 0 aliphatic carbocycles. The van der Waals surface area contributed by atoms with Crippen molar-refractivity contribution >= 4 is 11.6 Å². The second-order valence-electron chi connectivity index (χ2n) is 6.77. The number of piperidine rings is 1. The highest BCUT2D eigenvalue weighted by Gasteiger charge is 2.30. The maximum Gasteiger partial charge on any atom is 0.241 e. The number of aliphatic hydroxyl groups excluding tert-OH is 1. The van der Waals surface area contributed by atoms with Crippen LogP contribution in [0.1, 0.15) is 37.0 Å². The Hall–Kier alpha value is -1.39. The van der Waals surface area contributed by atoms with Crippen LogP contribution in [0.15, 0.2) is 12.1 Å². The van der Waals surface area contributed by atoms with Crippen molar-refractivity contribution in [1.82, 2.24) is 4.90 Å². The molecule has 1 aromatic rings. The van der Waals surface area contributed by atoms with E-state index in [1.165, 1.54) is 5.56 Å². The van der Waals surface area contributed by atoms with Crippen LogP contribution in [0.4, 0.5) is 5.69 Å². The minimum atomic E-state index is -0.341. The number of carbonyl (C=O) groups excluding carboxylic acids is 1. The van der Waals surface area contributed by atoms with Crippen LogP contribution >= 0.6 is 0 Å².